The first-order chi connectivity index (χ1) is 11.7. The van der Waals surface area contributed by atoms with E-state index < -0.39 is 10.0 Å². The van der Waals surface area contributed by atoms with E-state index in [0.717, 1.165) is 35.2 Å². The standard InChI is InChI=1S/C20H34N2O2S/c1-14-10-7-8-12-22(14)13-9-11-21-25(23,24)20-18(5)16(3)15(2)17(4)19(20)6/h14,21H,7-13H2,1-6H3/p+1/t14-/m0/s1. The summed E-state index contributed by atoms with van der Waals surface area (Å²) in [6.07, 6.45) is 4.82. The number of nitrogens with one attached hydrogen (secondary N) is 2. The Kier molecular flexibility index (Phi) is 6.68. The van der Waals surface area contributed by atoms with Crippen molar-refractivity contribution in [3.8, 4) is 0 Å². The molecule has 1 aliphatic rings. The molecule has 1 fully saturated rings. The van der Waals surface area contributed by atoms with Crippen molar-refractivity contribution in [2.45, 2.75) is 78.2 Å². The molecule has 2 atom stereocenters. The molecule has 2 N–H and O–H groups in total. The number of rotatable bonds is 6. The summed E-state index contributed by atoms with van der Waals surface area (Å²) in [7, 11) is -3.46. The van der Waals surface area contributed by atoms with E-state index in [1.54, 1.807) is 4.90 Å². The molecule has 1 saturated heterocycles. The van der Waals surface area contributed by atoms with Gasteiger partial charge in [-0.15, -0.1) is 0 Å². The van der Waals surface area contributed by atoms with Crippen molar-refractivity contribution in [1.82, 2.24) is 4.72 Å². The normalized spacial score (nSPS) is 21.5. The molecule has 25 heavy (non-hydrogen) atoms. The van der Waals surface area contributed by atoms with Crippen LogP contribution >= 0.6 is 0 Å². The summed E-state index contributed by atoms with van der Waals surface area (Å²) in [6.45, 7) is 15.0. The van der Waals surface area contributed by atoms with Gasteiger partial charge >= 0.3 is 0 Å². The monoisotopic (exact) mass is 367 g/mol. The van der Waals surface area contributed by atoms with E-state index in [0.29, 0.717) is 17.5 Å². The highest BCUT2D eigenvalue weighted by Crippen LogP contribution is 2.29. The van der Waals surface area contributed by atoms with Gasteiger partial charge in [0.15, 0.2) is 0 Å². The van der Waals surface area contributed by atoms with Gasteiger partial charge in [-0.05, 0) is 88.6 Å². The van der Waals surface area contributed by atoms with Crippen LogP contribution in [0.3, 0.4) is 0 Å². The van der Waals surface area contributed by atoms with Gasteiger partial charge in [0.1, 0.15) is 0 Å². The second-order valence-corrected chi connectivity index (χ2v) is 9.46. The van der Waals surface area contributed by atoms with Crippen LogP contribution in [-0.2, 0) is 10.0 Å². The zero-order valence-electron chi connectivity index (χ0n) is 16.8. The van der Waals surface area contributed by atoms with Gasteiger partial charge in [-0.25, -0.2) is 13.1 Å². The lowest BCUT2D eigenvalue weighted by atomic mass is 9.95. The molecule has 1 unspecified atom stereocenters. The molecule has 0 saturated carbocycles. The third kappa shape index (κ3) is 4.44. The molecule has 0 radical (unpaired) electrons. The molecule has 0 amide bonds. The summed E-state index contributed by atoms with van der Waals surface area (Å²) in [5, 5.41) is 0. The van der Waals surface area contributed by atoms with Gasteiger partial charge in [0, 0.05) is 13.0 Å². The first-order valence-corrected chi connectivity index (χ1v) is 11.1. The van der Waals surface area contributed by atoms with Crippen LogP contribution < -0.4 is 9.62 Å². The minimum atomic E-state index is -3.46. The third-order valence-electron chi connectivity index (χ3n) is 6.25. The maximum absolute atomic E-state index is 12.9. The van der Waals surface area contributed by atoms with Crippen LogP contribution in [0.4, 0.5) is 0 Å². The lowest BCUT2D eigenvalue weighted by Crippen LogP contribution is -3.16. The predicted octanol–water partition coefficient (Wildman–Crippen LogP) is 2.35. The van der Waals surface area contributed by atoms with Crippen LogP contribution in [0.25, 0.3) is 0 Å². The molecule has 0 aromatic heterocycles. The maximum atomic E-state index is 12.9. The fourth-order valence-corrected chi connectivity index (χ4v) is 5.76. The van der Waals surface area contributed by atoms with Gasteiger partial charge in [0.2, 0.25) is 10.0 Å². The number of sulfonamides is 1. The van der Waals surface area contributed by atoms with E-state index in [1.807, 2.05) is 27.7 Å². The van der Waals surface area contributed by atoms with Crippen molar-refractivity contribution in [1.29, 1.82) is 0 Å². The third-order valence-corrected chi connectivity index (χ3v) is 7.98. The van der Waals surface area contributed by atoms with Crippen molar-refractivity contribution < 1.29 is 13.3 Å². The van der Waals surface area contributed by atoms with E-state index >= 15 is 0 Å². The van der Waals surface area contributed by atoms with Gasteiger partial charge in [-0.1, -0.05) is 0 Å². The minimum absolute atomic E-state index is 0.479. The topological polar surface area (TPSA) is 50.6 Å². The second kappa shape index (κ2) is 8.19. The molecule has 1 aromatic rings. The fourth-order valence-electron chi connectivity index (χ4n) is 4.09. The van der Waals surface area contributed by atoms with Crippen LogP contribution in [-0.4, -0.2) is 34.1 Å². The number of benzene rings is 1. The molecular weight excluding hydrogens is 332 g/mol. The molecule has 1 aliphatic heterocycles. The van der Waals surface area contributed by atoms with E-state index in [9.17, 15) is 8.42 Å². The van der Waals surface area contributed by atoms with Crippen molar-refractivity contribution in [2.24, 2.45) is 0 Å². The summed E-state index contributed by atoms with van der Waals surface area (Å²) in [5.41, 5.74) is 5.11. The van der Waals surface area contributed by atoms with Gasteiger partial charge in [0.05, 0.1) is 24.0 Å². The summed E-state index contributed by atoms with van der Waals surface area (Å²) in [4.78, 5) is 2.10. The Bertz CT molecular complexity index is 697. The number of piperidine rings is 1. The van der Waals surface area contributed by atoms with Crippen LogP contribution in [0.1, 0.15) is 60.4 Å². The molecule has 0 spiro atoms. The van der Waals surface area contributed by atoms with Crippen molar-refractivity contribution >= 4 is 10.0 Å². The molecule has 142 valence electrons. The van der Waals surface area contributed by atoms with Crippen molar-refractivity contribution in [2.75, 3.05) is 19.6 Å². The summed E-state index contributed by atoms with van der Waals surface area (Å²) < 4.78 is 28.6. The largest absolute Gasteiger partial charge is 0.333 e. The Balaban J connectivity index is 2.05. The lowest BCUT2D eigenvalue weighted by Gasteiger charge is -2.30. The average molecular weight is 368 g/mol. The Morgan fingerprint density at radius 3 is 2.08 bits per heavy atom. The molecule has 4 nitrogen and oxygen atoms in total. The van der Waals surface area contributed by atoms with Gasteiger partial charge in [-0.3, -0.25) is 0 Å². The first kappa shape index (κ1) is 20.4. The SMILES string of the molecule is Cc1c(C)c(C)c(S(=O)(=O)NCCC[NH+]2CCCC[C@@H]2C)c(C)c1C. The average Bonchev–Trinajstić information content (AvgIpc) is 2.56. The molecule has 5 heteroatoms. The van der Waals surface area contributed by atoms with Crippen molar-refractivity contribution in [3.05, 3.63) is 27.8 Å². The van der Waals surface area contributed by atoms with Gasteiger partial charge in [-0.2, -0.15) is 0 Å². The first-order valence-electron chi connectivity index (χ1n) is 9.58. The summed E-state index contributed by atoms with van der Waals surface area (Å²) in [5.74, 6) is 0. The Hall–Kier alpha value is -0.910. The number of quaternary nitrogens is 1. The predicted molar refractivity (Wildman–Crippen MR) is 104 cm³/mol. The smallest absolute Gasteiger partial charge is 0.241 e. The van der Waals surface area contributed by atoms with Gasteiger partial charge in [0.25, 0.3) is 0 Å². The van der Waals surface area contributed by atoms with E-state index in [1.165, 1.54) is 31.4 Å². The highest BCUT2D eigenvalue weighted by molar-refractivity contribution is 7.89. The highest BCUT2D eigenvalue weighted by atomic mass is 32.2. The van der Waals surface area contributed by atoms with E-state index in [-0.39, 0.29) is 0 Å². The molecular formula is C20H35N2O2S+. The molecule has 1 heterocycles. The zero-order valence-corrected chi connectivity index (χ0v) is 17.6. The van der Waals surface area contributed by atoms with Crippen LogP contribution in [0.15, 0.2) is 4.90 Å². The number of hydrogen-bond acceptors (Lipinski definition) is 2. The Morgan fingerprint density at radius 1 is 0.960 bits per heavy atom. The van der Waals surface area contributed by atoms with Gasteiger partial charge < -0.3 is 4.90 Å². The highest BCUT2D eigenvalue weighted by Gasteiger charge is 2.24. The second-order valence-electron chi connectivity index (χ2n) is 7.76. The Morgan fingerprint density at radius 2 is 1.52 bits per heavy atom. The summed E-state index contributed by atoms with van der Waals surface area (Å²) >= 11 is 0. The maximum Gasteiger partial charge on any atom is 0.241 e. The minimum Gasteiger partial charge on any atom is -0.333 e. The summed E-state index contributed by atoms with van der Waals surface area (Å²) in [6, 6.07) is 0.706. The van der Waals surface area contributed by atoms with E-state index in [4.69, 9.17) is 0 Å². The van der Waals surface area contributed by atoms with Crippen LogP contribution in [0, 0.1) is 34.6 Å². The fraction of sp³-hybridized carbons (Fsp3) is 0.700. The number of likely N-dealkylation sites (tertiary alicyclic amines) is 1. The number of hydrogen-bond donors (Lipinski definition) is 2. The van der Waals surface area contributed by atoms with Crippen LogP contribution in [0.2, 0.25) is 0 Å². The van der Waals surface area contributed by atoms with Crippen molar-refractivity contribution in [3.63, 3.8) is 0 Å². The Labute approximate surface area is 154 Å². The molecule has 1 aromatic carbocycles. The van der Waals surface area contributed by atoms with E-state index in [2.05, 4.69) is 18.6 Å². The zero-order chi connectivity index (χ0) is 18.8. The molecule has 0 aliphatic carbocycles. The quantitative estimate of drug-likeness (QED) is 0.759. The molecule has 2 rings (SSSR count). The lowest BCUT2D eigenvalue weighted by molar-refractivity contribution is -0.928. The molecule has 0 bridgehead atoms. The van der Waals surface area contributed by atoms with Crippen LogP contribution in [0.5, 0.6) is 0 Å².